The number of hydrogen-bond acceptors (Lipinski definition) is 1. The first-order valence-corrected chi connectivity index (χ1v) is 7.39. The molecule has 0 aromatic heterocycles. The van der Waals surface area contributed by atoms with Crippen molar-refractivity contribution >= 4 is 23.3 Å². The number of hydrogen-bond donors (Lipinski definition) is 2. The van der Waals surface area contributed by atoms with Crippen molar-refractivity contribution in [1.29, 1.82) is 0 Å². The number of carbonyl (C=O) groups is 1. The van der Waals surface area contributed by atoms with Gasteiger partial charge in [-0.15, -0.1) is 0 Å². The molecule has 2 aliphatic carbocycles. The number of fused-ring (bicyclic) bond motifs is 2. The molecule has 2 aliphatic rings. The third-order valence-corrected chi connectivity index (χ3v) is 4.76. The van der Waals surface area contributed by atoms with Crippen molar-refractivity contribution in [3.8, 4) is 0 Å². The molecule has 2 fully saturated rings. The number of amides is 2. The number of rotatable bonds is 3. The molecule has 0 saturated heterocycles. The van der Waals surface area contributed by atoms with E-state index in [1.165, 1.54) is 25.7 Å². The molecular weight excluding hydrogens is 260 g/mol. The highest BCUT2D eigenvalue weighted by Gasteiger charge is 2.39. The second-order valence-corrected chi connectivity index (χ2v) is 6.21. The van der Waals surface area contributed by atoms with Gasteiger partial charge in [-0.1, -0.05) is 18.0 Å². The van der Waals surface area contributed by atoms with Crippen LogP contribution in [0.25, 0.3) is 0 Å². The van der Waals surface area contributed by atoms with Gasteiger partial charge in [0.15, 0.2) is 0 Å². The molecular formula is C15H19ClN2O. The van der Waals surface area contributed by atoms with E-state index < -0.39 is 0 Å². The Bertz CT molecular complexity index is 460. The molecule has 0 radical (unpaired) electrons. The van der Waals surface area contributed by atoms with Gasteiger partial charge in [0.25, 0.3) is 0 Å². The maximum atomic E-state index is 11.8. The average molecular weight is 279 g/mol. The maximum absolute atomic E-state index is 11.8. The van der Waals surface area contributed by atoms with Crippen molar-refractivity contribution in [1.82, 2.24) is 5.32 Å². The van der Waals surface area contributed by atoms with Crippen LogP contribution >= 0.6 is 11.6 Å². The van der Waals surface area contributed by atoms with Gasteiger partial charge in [0.05, 0.1) is 0 Å². The highest BCUT2D eigenvalue weighted by molar-refractivity contribution is 6.30. The Morgan fingerprint density at radius 1 is 1.21 bits per heavy atom. The molecule has 1 aromatic carbocycles. The zero-order chi connectivity index (χ0) is 13.2. The highest BCUT2D eigenvalue weighted by atomic mass is 35.5. The van der Waals surface area contributed by atoms with Crippen molar-refractivity contribution in [3.63, 3.8) is 0 Å². The minimum atomic E-state index is -0.120. The molecule has 1 aromatic rings. The zero-order valence-electron chi connectivity index (χ0n) is 10.9. The van der Waals surface area contributed by atoms with Crippen molar-refractivity contribution in [3.05, 3.63) is 29.3 Å². The predicted molar refractivity (Wildman–Crippen MR) is 77.4 cm³/mol. The SMILES string of the molecule is O=C(NC[C@@H]1C[C@H]2CC[C@H]1C2)Nc1ccc(Cl)cc1. The first-order chi connectivity index (χ1) is 9.20. The third kappa shape index (κ3) is 3.03. The summed E-state index contributed by atoms with van der Waals surface area (Å²) in [5, 5.41) is 6.49. The van der Waals surface area contributed by atoms with Crippen LogP contribution in [0, 0.1) is 17.8 Å². The van der Waals surface area contributed by atoms with Gasteiger partial charge in [-0.25, -0.2) is 4.79 Å². The van der Waals surface area contributed by atoms with E-state index in [0.717, 1.165) is 24.1 Å². The monoisotopic (exact) mass is 278 g/mol. The molecule has 0 heterocycles. The summed E-state index contributed by atoms with van der Waals surface area (Å²) in [5.41, 5.74) is 0.773. The van der Waals surface area contributed by atoms with E-state index in [2.05, 4.69) is 10.6 Å². The van der Waals surface area contributed by atoms with Gasteiger partial charge in [0.1, 0.15) is 0 Å². The third-order valence-electron chi connectivity index (χ3n) is 4.51. The zero-order valence-corrected chi connectivity index (χ0v) is 11.6. The van der Waals surface area contributed by atoms with Gasteiger partial charge in [-0.05, 0) is 61.3 Å². The van der Waals surface area contributed by atoms with Gasteiger partial charge in [-0.3, -0.25) is 0 Å². The fourth-order valence-electron chi connectivity index (χ4n) is 3.56. The second-order valence-electron chi connectivity index (χ2n) is 5.78. The topological polar surface area (TPSA) is 41.1 Å². The first-order valence-electron chi connectivity index (χ1n) is 7.01. The molecule has 0 aliphatic heterocycles. The molecule has 4 heteroatoms. The van der Waals surface area contributed by atoms with E-state index in [4.69, 9.17) is 11.6 Å². The summed E-state index contributed by atoms with van der Waals surface area (Å²) < 4.78 is 0. The van der Waals surface area contributed by atoms with Gasteiger partial charge >= 0.3 is 6.03 Å². The Hall–Kier alpha value is -1.22. The molecule has 0 unspecified atom stereocenters. The Morgan fingerprint density at radius 3 is 2.63 bits per heavy atom. The number of urea groups is 1. The first kappa shape index (κ1) is 12.8. The Balaban J connectivity index is 1.45. The van der Waals surface area contributed by atoms with Crippen LogP contribution in [0.15, 0.2) is 24.3 Å². The summed E-state index contributed by atoms with van der Waals surface area (Å²) >= 11 is 5.80. The molecule has 3 atom stereocenters. The van der Waals surface area contributed by atoms with E-state index in [1.807, 2.05) is 0 Å². The van der Waals surface area contributed by atoms with E-state index in [9.17, 15) is 4.79 Å². The van der Waals surface area contributed by atoms with Crippen molar-refractivity contribution in [2.45, 2.75) is 25.7 Å². The smallest absolute Gasteiger partial charge is 0.319 e. The van der Waals surface area contributed by atoms with Crippen molar-refractivity contribution < 1.29 is 4.79 Å². The largest absolute Gasteiger partial charge is 0.338 e. The molecule has 0 spiro atoms. The molecule has 2 bridgehead atoms. The van der Waals surface area contributed by atoms with Gasteiger partial charge in [0, 0.05) is 17.3 Å². The van der Waals surface area contributed by atoms with E-state index in [1.54, 1.807) is 24.3 Å². The second kappa shape index (κ2) is 5.41. The number of nitrogens with one attached hydrogen (secondary N) is 2. The molecule has 3 nitrogen and oxygen atoms in total. The number of anilines is 1. The van der Waals surface area contributed by atoms with Gasteiger partial charge in [-0.2, -0.15) is 0 Å². The number of carbonyl (C=O) groups excluding carboxylic acids is 1. The lowest BCUT2D eigenvalue weighted by Gasteiger charge is -2.21. The standard InChI is InChI=1S/C15H19ClN2O/c16-13-3-5-14(6-4-13)18-15(19)17-9-12-8-10-1-2-11(12)7-10/h3-6,10-12H,1-2,7-9H2,(H2,17,18,19)/t10-,11-,12-/m0/s1. The summed E-state index contributed by atoms with van der Waals surface area (Å²) in [4.78, 5) is 11.8. The lowest BCUT2D eigenvalue weighted by atomic mass is 9.89. The van der Waals surface area contributed by atoms with E-state index in [-0.39, 0.29) is 6.03 Å². The lowest BCUT2D eigenvalue weighted by Crippen LogP contribution is -2.34. The number of halogens is 1. The van der Waals surface area contributed by atoms with Crippen LogP contribution in [0.3, 0.4) is 0 Å². The molecule has 2 N–H and O–H groups in total. The Morgan fingerprint density at radius 2 is 2.00 bits per heavy atom. The lowest BCUT2D eigenvalue weighted by molar-refractivity contribution is 0.245. The van der Waals surface area contributed by atoms with Crippen molar-refractivity contribution in [2.24, 2.45) is 17.8 Å². The molecule has 2 amide bonds. The molecule has 19 heavy (non-hydrogen) atoms. The summed E-state index contributed by atoms with van der Waals surface area (Å²) in [6, 6.07) is 7.03. The Labute approximate surface area is 118 Å². The normalized spacial score (nSPS) is 28.4. The fraction of sp³-hybridized carbons (Fsp3) is 0.533. The van der Waals surface area contributed by atoms with E-state index >= 15 is 0 Å². The van der Waals surface area contributed by atoms with Crippen molar-refractivity contribution in [2.75, 3.05) is 11.9 Å². The van der Waals surface area contributed by atoms with Gasteiger partial charge < -0.3 is 10.6 Å². The van der Waals surface area contributed by atoms with Crippen LogP contribution in [0.5, 0.6) is 0 Å². The van der Waals surface area contributed by atoms with Gasteiger partial charge in [0.2, 0.25) is 0 Å². The van der Waals surface area contributed by atoms with E-state index in [0.29, 0.717) is 10.9 Å². The molecule has 102 valence electrons. The summed E-state index contributed by atoms with van der Waals surface area (Å²) in [7, 11) is 0. The number of benzene rings is 1. The van der Waals surface area contributed by atoms with Crippen LogP contribution in [-0.2, 0) is 0 Å². The minimum Gasteiger partial charge on any atom is -0.338 e. The summed E-state index contributed by atoms with van der Waals surface area (Å²) in [5.74, 6) is 2.46. The van der Waals surface area contributed by atoms with Crippen LogP contribution in [0.4, 0.5) is 10.5 Å². The maximum Gasteiger partial charge on any atom is 0.319 e. The molecule has 2 saturated carbocycles. The predicted octanol–water partition coefficient (Wildman–Crippen LogP) is 3.90. The summed E-state index contributed by atoms with van der Waals surface area (Å²) in [6.07, 6.45) is 5.44. The quantitative estimate of drug-likeness (QED) is 0.865. The highest BCUT2D eigenvalue weighted by Crippen LogP contribution is 2.47. The summed E-state index contributed by atoms with van der Waals surface area (Å²) in [6.45, 7) is 0.806. The average Bonchev–Trinajstić information content (AvgIpc) is 3.01. The van der Waals surface area contributed by atoms with Crippen LogP contribution in [-0.4, -0.2) is 12.6 Å². The van der Waals surface area contributed by atoms with Crippen LogP contribution in [0.1, 0.15) is 25.7 Å². The molecule has 3 rings (SSSR count). The minimum absolute atomic E-state index is 0.120. The van der Waals surface area contributed by atoms with Crippen LogP contribution < -0.4 is 10.6 Å². The Kier molecular flexibility index (Phi) is 3.65. The fourth-order valence-corrected chi connectivity index (χ4v) is 3.68. The van der Waals surface area contributed by atoms with Crippen LogP contribution in [0.2, 0.25) is 5.02 Å².